The highest BCUT2D eigenvalue weighted by Gasteiger charge is 2.13. The summed E-state index contributed by atoms with van der Waals surface area (Å²) < 4.78 is 0. The van der Waals surface area contributed by atoms with E-state index in [1.807, 2.05) is 6.20 Å². The lowest BCUT2D eigenvalue weighted by atomic mass is 10.1. The largest absolute Gasteiger partial charge is 0.357 e. The summed E-state index contributed by atoms with van der Waals surface area (Å²) in [4.78, 5) is 6.94. The van der Waals surface area contributed by atoms with Crippen molar-refractivity contribution in [1.29, 1.82) is 0 Å². The number of aromatic nitrogens is 1. The minimum absolute atomic E-state index is 0.413. The van der Waals surface area contributed by atoms with Gasteiger partial charge < -0.3 is 10.2 Å². The third-order valence-electron chi connectivity index (χ3n) is 3.65. The number of piperidine rings is 1. The van der Waals surface area contributed by atoms with Gasteiger partial charge in [0.15, 0.2) is 0 Å². The van der Waals surface area contributed by atoms with Gasteiger partial charge >= 0.3 is 0 Å². The first-order chi connectivity index (χ1) is 8.81. The Kier molecular flexibility index (Phi) is 5.00. The summed E-state index contributed by atoms with van der Waals surface area (Å²) in [7, 11) is 0. The van der Waals surface area contributed by atoms with E-state index >= 15 is 0 Å². The molecule has 1 aromatic heterocycles. The van der Waals surface area contributed by atoms with Crippen LogP contribution in [0.5, 0.6) is 0 Å². The van der Waals surface area contributed by atoms with E-state index in [1.165, 1.54) is 31.2 Å². The zero-order chi connectivity index (χ0) is 12.8. The molecule has 1 saturated heterocycles. The number of hydrogen-bond acceptors (Lipinski definition) is 3. The molecule has 0 bridgehead atoms. The maximum Gasteiger partial charge on any atom is 0.128 e. The van der Waals surface area contributed by atoms with Crippen LogP contribution >= 0.6 is 0 Å². The fraction of sp³-hybridized carbons (Fsp3) is 0.667. The Hall–Kier alpha value is -1.09. The molecule has 2 heterocycles. The third-order valence-corrected chi connectivity index (χ3v) is 3.65. The van der Waals surface area contributed by atoms with Gasteiger partial charge in [0.1, 0.15) is 5.82 Å². The molecule has 1 aromatic rings. The number of anilines is 1. The van der Waals surface area contributed by atoms with Gasteiger partial charge in [0, 0.05) is 25.3 Å². The fourth-order valence-electron chi connectivity index (χ4n) is 2.48. The smallest absolute Gasteiger partial charge is 0.128 e. The first-order valence-electron chi connectivity index (χ1n) is 7.25. The van der Waals surface area contributed by atoms with Crippen LogP contribution in [-0.4, -0.2) is 24.6 Å². The molecule has 1 aliphatic heterocycles. The minimum Gasteiger partial charge on any atom is -0.357 e. The molecular weight excluding hydrogens is 222 g/mol. The number of rotatable bonds is 5. The van der Waals surface area contributed by atoms with Crippen molar-refractivity contribution in [2.24, 2.45) is 0 Å². The van der Waals surface area contributed by atoms with E-state index in [0.29, 0.717) is 6.04 Å². The Bertz CT molecular complexity index is 359. The van der Waals surface area contributed by atoms with Gasteiger partial charge in [0.25, 0.3) is 0 Å². The van der Waals surface area contributed by atoms with E-state index in [1.54, 1.807) is 0 Å². The Labute approximate surface area is 111 Å². The number of pyridine rings is 1. The third kappa shape index (κ3) is 3.45. The normalized spacial score (nSPS) is 17.8. The highest BCUT2D eigenvalue weighted by atomic mass is 15.2. The molecular formula is C15H25N3. The summed E-state index contributed by atoms with van der Waals surface area (Å²) in [5, 5.41) is 3.53. The summed E-state index contributed by atoms with van der Waals surface area (Å²) >= 11 is 0. The highest BCUT2D eigenvalue weighted by Crippen LogP contribution is 2.21. The zero-order valence-electron chi connectivity index (χ0n) is 11.7. The van der Waals surface area contributed by atoms with Crippen molar-refractivity contribution in [3.63, 3.8) is 0 Å². The second-order valence-electron chi connectivity index (χ2n) is 5.17. The molecule has 2 rings (SSSR count). The molecule has 1 unspecified atom stereocenters. The average molecular weight is 247 g/mol. The van der Waals surface area contributed by atoms with Crippen LogP contribution in [0.25, 0.3) is 0 Å². The molecule has 0 aliphatic carbocycles. The summed E-state index contributed by atoms with van der Waals surface area (Å²) in [6, 6.07) is 4.79. The number of nitrogens with one attached hydrogen (secondary N) is 1. The standard InChI is InChI=1S/C15H25N3/c1-3-8-16-13(2)14-7-9-17-15(12-14)18-10-5-4-6-11-18/h7,9,12-13,16H,3-6,8,10-11H2,1-2H3. The quantitative estimate of drug-likeness (QED) is 0.866. The van der Waals surface area contributed by atoms with Crippen molar-refractivity contribution < 1.29 is 0 Å². The van der Waals surface area contributed by atoms with Crippen LogP contribution < -0.4 is 10.2 Å². The van der Waals surface area contributed by atoms with Crippen molar-refractivity contribution in [1.82, 2.24) is 10.3 Å². The molecule has 3 nitrogen and oxygen atoms in total. The van der Waals surface area contributed by atoms with E-state index in [-0.39, 0.29) is 0 Å². The second kappa shape index (κ2) is 6.74. The van der Waals surface area contributed by atoms with Crippen molar-refractivity contribution >= 4 is 5.82 Å². The molecule has 0 amide bonds. The van der Waals surface area contributed by atoms with Gasteiger partial charge in [-0.25, -0.2) is 4.98 Å². The van der Waals surface area contributed by atoms with Gasteiger partial charge in [-0.2, -0.15) is 0 Å². The van der Waals surface area contributed by atoms with Gasteiger partial charge in [-0.05, 0) is 56.8 Å². The Morgan fingerprint density at radius 3 is 2.83 bits per heavy atom. The summed E-state index contributed by atoms with van der Waals surface area (Å²) in [6.45, 7) is 7.82. The van der Waals surface area contributed by atoms with Gasteiger partial charge in [0.2, 0.25) is 0 Å². The van der Waals surface area contributed by atoms with Crippen LogP contribution in [0.2, 0.25) is 0 Å². The fourth-order valence-corrected chi connectivity index (χ4v) is 2.48. The van der Waals surface area contributed by atoms with Crippen LogP contribution in [0.3, 0.4) is 0 Å². The molecule has 3 heteroatoms. The minimum atomic E-state index is 0.413. The summed E-state index contributed by atoms with van der Waals surface area (Å²) in [6.07, 6.45) is 7.09. The molecule has 100 valence electrons. The molecule has 0 saturated carbocycles. The van der Waals surface area contributed by atoms with Crippen LogP contribution in [0.4, 0.5) is 5.82 Å². The van der Waals surface area contributed by atoms with Crippen LogP contribution in [0.1, 0.15) is 51.1 Å². The predicted molar refractivity (Wildman–Crippen MR) is 77.0 cm³/mol. The van der Waals surface area contributed by atoms with Crippen molar-refractivity contribution in [3.05, 3.63) is 23.9 Å². The monoisotopic (exact) mass is 247 g/mol. The van der Waals surface area contributed by atoms with Crippen molar-refractivity contribution in [2.75, 3.05) is 24.5 Å². The van der Waals surface area contributed by atoms with Gasteiger partial charge in [-0.15, -0.1) is 0 Å². The lowest BCUT2D eigenvalue weighted by Gasteiger charge is -2.28. The van der Waals surface area contributed by atoms with E-state index in [4.69, 9.17) is 0 Å². The second-order valence-corrected chi connectivity index (χ2v) is 5.17. The Morgan fingerprint density at radius 2 is 2.11 bits per heavy atom. The molecule has 1 N–H and O–H groups in total. The number of hydrogen-bond donors (Lipinski definition) is 1. The molecule has 0 aromatic carbocycles. The molecule has 1 aliphatic rings. The Balaban J connectivity index is 2.04. The average Bonchev–Trinajstić information content (AvgIpc) is 2.46. The maximum atomic E-state index is 4.52. The molecule has 1 fully saturated rings. The van der Waals surface area contributed by atoms with Crippen LogP contribution in [0.15, 0.2) is 18.3 Å². The molecule has 0 radical (unpaired) electrons. The summed E-state index contributed by atoms with van der Waals surface area (Å²) in [5.74, 6) is 1.15. The van der Waals surface area contributed by atoms with Crippen LogP contribution in [-0.2, 0) is 0 Å². The van der Waals surface area contributed by atoms with Gasteiger partial charge in [-0.3, -0.25) is 0 Å². The topological polar surface area (TPSA) is 28.2 Å². The van der Waals surface area contributed by atoms with E-state index < -0.39 is 0 Å². The predicted octanol–water partition coefficient (Wildman–Crippen LogP) is 3.13. The Morgan fingerprint density at radius 1 is 1.33 bits per heavy atom. The first-order valence-corrected chi connectivity index (χ1v) is 7.25. The molecule has 1 atom stereocenters. The lowest BCUT2D eigenvalue weighted by Crippen LogP contribution is -2.30. The van der Waals surface area contributed by atoms with Crippen molar-refractivity contribution in [3.8, 4) is 0 Å². The van der Waals surface area contributed by atoms with Gasteiger partial charge in [0.05, 0.1) is 0 Å². The number of nitrogens with zero attached hydrogens (tertiary/aromatic N) is 2. The lowest BCUT2D eigenvalue weighted by molar-refractivity contribution is 0.563. The van der Waals surface area contributed by atoms with E-state index in [9.17, 15) is 0 Å². The SMILES string of the molecule is CCCNC(C)c1ccnc(N2CCCCC2)c1. The molecule has 0 spiro atoms. The van der Waals surface area contributed by atoms with Crippen LogP contribution in [0, 0.1) is 0 Å². The highest BCUT2D eigenvalue weighted by molar-refractivity contribution is 5.42. The van der Waals surface area contributed by atoms with E-state index in [0.717, 1.165) is 25.5 Å². The van der Waals surface area contributed by atoms with Crippen molar-refractivity contribution in [2.45, 2.75) is 45.6 Å². The molecule has 18 heavy (non-hydrogen) atoms. The van der Waals surface area contributed by atoms with Gasteiger partial charge in [-0.1, -0.05) is 6.92 Å². The summed E-state index contributed by atoms with van der Waals surface area (Å²) in [5.41, 5.74) is 1.35. The van der Waals surface area contributed by atoms with E-state index in [2.05, 4.69) is 41.2 Å². The first kappa shape index (κ1) is 13.3. The zero-order valence-corrected chi connectivity index (χ0v) is 11.7. The maximum absolute atomic E-state index is 4.52.